The highest BCUT2D eigenvalue weighted by Crippen LogP contribution is 2.25. The maximum atomic E-state index is 12.3. The number of carbonyl (C=O) groups excluding carboxylic acids is 1. The van der Waals surface area contributed by atoms with E-state index in [1.807, 2.05) is 25.1 Å². The van der Waals surface area contributed by atoms with Gasteiger partial charge in [0.1, 0.15) is 0 Å². The van der Waals surface area contributed by atoms with Crippen LogP contribution in [0, 0.1) is 0 Å². The smallest absolute Gasteiger partial charge is 0.229 e. The molecule has 0 bridgehead atoms. The molecule has 2 rings (SSSR count). The largest absolute Gasteiger partial charge is 0.356 e. The summed E-state index contributed by atoms with van der Waals surface area (Å²) in [6, 6.07) is 10.4. The highest BCUT2D eigenvalue weighted by atomic mass is 16.1. The second-order valence-corrected chi connectivity index (χ2v) is 4.84. The summed E-state index contributed by atoms with van der Waals surface area (Å²) >= 11 is 0. The molecule has 2 N–H and O–H groups in total. The van der Waals surface area contributed by atoms with Gasteiger partial charge >= 0.3 is 0 Å². The zero-order chi connectivity index (χ0) is 12.8. The van der Waals surface area contributed by atoms with Gasteiger partial charge in [0.25, 0.3) is 0 Å². The van der Waals surface area contributed by atoms with Crippen LogP contribution >= 0.6 is 0 Å². The molecule has 0 aromatic heterocycles. The number of rotatable bonds is 4. The number of likely N-dealkylation sites (N-methyl/N-ethyl adjacent to an activating group) is 1. The van der Waals surface area contributed by atoms with E-state index in [0.29, 0.717) is 6.54 Å². The van der Waals surface area contributed by atoms with Crippen LogP contribution in [0.3, 0.4) is 0 Å². The van der Waals surface area contributed by atoms with Gasteiger partial charge in [0.15, 0.2) is 0 Å². The van der Waals surface area contributed by atoms with Crippen LogP contribution in [0.1, 0.15) is 37.7 Å². The highest BCUT2D eigenvalue weighted by Gasteiger charge is 2.30. The zero-order valence-corrected chi connectivity index (χ0v) is 11.0. The fourth-order valence-electron chi connectivity index (χ4n) is 2.67. The molecule has 1 fully saturated rings. The molecule has 1 aromatic carbocycles. The summed E-state index contributed by atoms with van der Waals surface area (Å²) in [7, 11) is 0. The van der Waals surface area contributed by atoms with Gasteiger partial charge in [-0.15, -0.1) is 0 Å². The lowest BCUT2D eigenvalue weighted by molar-refractivity contribution is -0.123. The predicted molar refractivity (Wildman–Crippen MR) is 73.5 cm³/mol. The molecule has 0 saturated carbocycles. The Morgan fingerprint density at radius 3 is 2.78 bits per heavy atom. The molecule has 1 aliphatic heterocycles. The van der Waals surface area contributed by atoms with Gasteiger partial charge in [-0.25, -0.2) is 0 Å². The van der Waals surface area contributed by atoms with E-state index in [4.69, 9.17) is 0 Å². The molecule has 1 heterocycles. The Labute approximate surface area is 109 Å². The van der Waals surface area contributed by atoms with Gasteiger partial charge in [-0.05, 0) is 31.9 Å². The van der Waals surface area contributed by atoms with Crippen molar-refractivity contribution in [3.8, 4) is 0 Å². The summed E-state index contributed by atoms with van der Waals surface area (Å²) in [6.07, 6.45) is 3.50. The van der Waals surface area contributed by atoms with E-state index < -0.39 is 0 Å². The molecule has 18 heavy (non-hydrogen) atoms. The van der Waals surface area contributed by atoms with E-state index in [1.54, 1.807) is 0 Å². The number of hydrogen-bond acceptors (Lipinski definition) is 2. The van der Waals surface area contributed by atoms with Crippen molar-refractivity contribution in [1.82, 2.24) is 10.6 Å². The van der Waals surface area contributed by atoms with Crippen LogP contribution in [-0.4, -0.2) is 25.0 Å². The maximum Gasteiger partial charge on any atom is 0.229 e. The van der Waals surface area contributed by atoms with Crippen molar-refractivity contribution in [1.29, 1.82) is 0 Å². The van der Waals surface area contributed by atoms with Crippen LogP contribution in [0.5, 0.6) is 0 Å². The Hall–Kier alpha value is -1.35. The van der Waals surface area contributed by atoms with Crippen molar-refractivity contribution in [2.24, 2.45) is 0 Å². The van der Waals surface area contributed by atoms with Crippen LogP contribution in [0.4, 0.5) is 0 Å². The molecule has 3 nitrogen and oxygen atoms in total. The first-order chi connectivity index (χ1) is 8.83. The lowest BCUT2D eigenvalue weighted by Crippen LogP contribution is -2.45. The summed E-state index contributed by atoms with van der Waals surface area (Å²) in [6.45, 7) is 3.68. The topological polar surface area (TPSA) is 41.1 Å². The van der Waals surface area contributed by atoms with E-state index in [0.717, 1.165) is 18.5 Å². The minimum absolute atomic E-state index is 0.0635. The van der Waals surface area contributed by atoms with Crippen molar-refractivity contribution in [2.45, 2.75) is 38.1 Å². The van der Waals surface area contributed by atoms with Crippen molar-refractivity contribution in [3.63, 3.8) is 0 Å². The summed E-state index contributed by atoms with van der Waals surface area (Å²) < 4.78 is 0. The molecular weight excluding hydrogens is 224 g/mol. The van der Waals surface area contributed by atoms with Gasteiger partial charge in [-0.2, -0.15) is 0 Å². The molecule has 3 heteroatoms. The third-order valence-corrected chi connectivity index (χ3v) is 3.54. The molecule has 1 saturated heterocycles. The number of piperidine rings is 1. The quantitative estimate of drug-likeness (QED) is 0.853. The Kier molecular flexibility index (Phi) is 4.76. The third-order valence-electron chi connectivity index (χ3n) is 3.54. The van der Waals surface area contributed by atoms with Crippen LogP contribution in [0.15, 0.2) is 30.3 Å². The predicted octanol–water partition coefficient (Wildman–Crippen LogP) is 2.05. The van der Waals surface area contributed by atoms with Gasteiger partial charge in [-0.3, -0.25) is 4.79 Å². The van der Waals surface area contributed by atoms with Gasteiger partial charge in [0.05, 0.1) is 5.92 Å². The van der Waals surface area contributed by atoms with Gasteiger partial charge in [0.2, 0.25) is 5.91 Å². The Balaban J connectivity index is 2.19. The van der Waals surface area contributed by atoms with Crippen molar-refractivity contribution < 1.29 is 4.79 Å². The molecule has 1 aromatic rings. The average molecular weight is 246 g/mol. The monoisotopic (exact) mass is 246 g/mol. The minimum atomic E-state index is -0.0635. The first kappa shape index (κ1) is 13.1. The normalized spacial score (nSPS) is 21.3. The van der Waals surface area contributed by atoms with Crippen molar-refractivity contribution in [3.05, 3.63) is 35.9 Å². The number of carbonyl (C=O) groups is 1. The molecule has 1 amide bonds. The first-order valence-electron chi connectivity index (χ1n) is 6.89. The second kappa shape index (κ2) is 6.55. The van der Waals surface area contributed by atoms with E-state index >= 15 is 0 Å². The fraction of sp³-hybridized carbons (Fsp3) is 0.533. The standard InChI is InChI=1S/C15H22N2O/c1-2-16-15(18)14(12-8-4-3-5-9-12)13-10-6-7-11-17-13/h3-5,8-9,13-14,17H,2,6-7,10-11H2,1H3,(H,16,18)/t13-,14-/m0/s1. The second-order valence-electron chi connectivity index (χ2n) is 4.84. The Bertz CT molecular complexity index is 371. The Morgan fingerprint density at radius 2 is 2.17 bits per heavy atom. The van der Waals surface area contributed by atoms with Crippen molar-refractivity contribution in [2.75, 3.05) is 13.1 Å². The summed E-state index contributed by atoms with van der Waals surface area (Å²) in [4.78, 5) is 12.3. The fourth-order valence-corrected chi connectivity index (χ4v) is 2.67. The number of benzene rings is 1. The molecule has 0 aliphatic carbocycles. The molecule has 0 spiro atoms. The molecule has 0 radical (unpaired) electrons. The van der Waals surface area contributed by atoms with Crippen LogP contribution in [-0.2, 0) is 4.79 Å². The summed E-state index contributed by atoms with van der Waals surface area (Å²) in [5.74, 6) is 0.0783. The zero-order valence-electron chi connectivity index (χ0n) is 11.0. The summed E-state index contributed by atoms with van der Waals surface area (Å²) in [5, 5.41) is 6.46. The number of amides is 1. The third kappa shape index (κ3) is 3.10. The van der Waals surface area contributed by atoms with E-state index in [1.165, 1.54) is 12.8 Å². The summed E-state index contributed by atoms with van der Waals surface area (Å²) in [5.41, 5.74) is 1.11. The van der Waals surface area contributed by atoms with Crippen LogP contribution < -0.4 is 10.6 Å². The van der Waals surface area contributed by atoms with Gasteiger partial charge in [-0.1, -0.05) is 36.8 Å². The minimum Gasteiger partial charge on any atom is -0.356 e. The highest BCUT2D eigenvalue weighted by molar-refractivity contribution is 5.84. The van der Waals surface area contributed by atoms with Crippen molar-refractivity contribution >= 4 is 5.91 Å². The molecule has 1 aliphatic rings. The van der Waals surface area contributed by atoms with Crippen LogP contribution in [0.2, 0.25) is 0 Å². The van der Waals surface area contributed by atoms with E-state index in [-0.39, 0.29) is 17.9 Å². The van der Waals surface area contributed by atoms with E-state index in [9.17, 15) is 4.79 Å². The van der Waals surface area contributed by atoms with Gasteiger partial charge < -0.3 is 10.6 Å². The SMILES string of the molecule is CCNC(=O)[C@@H](c1ccccc1)[C@@H]1CCCCN1. The molecule has 0 unspecified atom stereocenters. The molecule has 2 atom stereocenters. The maximum absolute atomic E-state index is 12.3. The molecule has 98 valence electrons. The number of nitrogens with one attached hydrogen (secondary N) is 2. The number of hydrogen-bond donors (Lipinski definition) is 2. The lowest BCUT2D eigenvalue weighted by Gasteiger charge is -2.30. The van der Waals surface area contributed by atoms with Gasteiger partial charge in [0, 0.05) is 12.6 Å². The average Bonchev–Trinajstić information content (AvgIpc) is 2.42. The first-order valence-corrected chi connectivity index (χ1v) is 6.89. The van der Waals surface area contributed by atoms with Crippen LogP contribution in [0.25, 0.3) is 0 Å². The Morgan fingerprint density at radius 1 is 1.39 bits per heavy atom. The van der Waals surface area contributed by atoms with E-state index in [2.05, 4.69) is 22.8 Å². The lowest BCUT2D eigenvalue weighted by atomic mass is 9.86. The molecular formula is C15H22N2O.